The molecule has 0 atom stereocenters. The molecule has 0 aromatic carbocycles. The second-order valence-corrected chi connectivity index (χ2v) is 2.10. The summed E-state index contributed by atoms with van der Waals surface area (Å²) in [7, 11) is 0. The molecule has 0 N–H and O–H groups in total. The molecular formula is C7H6N3. The molecule has 2 aromatic rings. The van der Waals surface area contributed by atoms with E-state index >= 15 is 0 Å². The van der Waals surface area contributed by atoms with Crippen LogP contribution in [-0.4, -0.2) is 14.6 Å². The lowest BCUT2D eigenvalue weighted by Gasteiger charge is -1.85. The third kappa shape index (κ3) is 0.673. The van der Waals surface area contributed by atoms with E-state index in [4.69, 9.17) is 0 Å². The fraction of sp³-hybridized carbons (Fsp3) is 0.143. The summed E-state index contributed by atoms with van der Waals surface area (Å²) in [6.45, 7) is 1.90. The van der Waals surface area contributed by atoms with Crippen molar-refractivity contribution >= 4 is 5.65 Å². The van der Waals surface area contributed by atoms with Crippen LogP contribution in [0.2, 0.25) is 0 Å². The molecule has 0 bridgehead atoms. The average molecular weight is 132 g/mol. The predicted octanol–water partition coefficient (Wildman–Crippen LogP) is 0.838. The Balaban J connectivity index is 2.88. The van der Waals surface area contributed by atoms with Crippen LogP contribution in [0.25, 0.3) is 5.65 Å². The summed E-state index contributed by atoms with van der Waals surface area (Å²) in [5.41, 5.74) is 1.65. The molecular weight excluding hydrogens is 126 g/mol. The smallest absolute Gasteiger partial charge is 0.163 e. The Morgan fingerprint density at radius 3 is 3.30 bits per heavy atom. The highest BCUT2D eigenvalue weighted by molar-refractivity contribution is 5.35. The zero-order valence-electron chi connectivity index (χ0n) is 5.57. The lowest BCUT2D eigenvalue weighted by atomic mass is 10.5. The highest BCUT2D eigenvalue weighted by Crippen LogP contribution is 1.98. The first-order valence-electron chi connectivity index (χ1n) is 3.05. The van der Waals surface area contributed by atoms with E-state index in [1.165, 1.54) is 0 Å². The lowest BCUT2D eigenvalue weighted by molar-refractivity contribution is 0.917. The monoisotopic (exact) mass is 132 g/mol. The molecule has 0 unspecified atom stereocenters. The molecule has 3 heteroatoms. The molecule has 0 aliphatic heterocycles. The number of fused-ring (bicyclic) bond motifs is 1. The van der Waals surface area contributed by atoms with Gasteiger partial charge in [0.2, 0.25) is 0 Å². The molecule has 2 heterocycles. The number of aryl methyl sites for hydroxylation is 1. The highest BCUT2D eigenvalue weighted by atomic mass is 15.2. The third-order valence-electron chi connectivity index (χ3n) is 1.28. The second-order valence-electron chi connectivity index (χ2n) is 2.10. The first kappa shape index (κ1) is 5.41. The highest BCUT2D eigenvalue weighted by Gasteiger charge is 1.94. The van der Waals surface area contributed by atoms with Crippen molar-refractivity contribution in [2.75, 3.05) is 0 Å². The maximum absolute atomic E-state index is 4.11. The normalized spacial score (nSPS) is 10.5. The predicted molar refractivity (Wildman–Crippen MR) is 36.6 cm³/mol. The molecule has 0 spiro atoms. The summed E-state index contributed by atoms with van der Waals surface area (Å²) in [5.74, 6) is 0. The molecule has 0 saturated heterocycles. The van der Waals surface area contributed by atoms with Gasteiger partial charge in [0.25, 0.3) is 0 Å². The van der Waals surface area contributed by atoms with Gasteiger partial charge in [-0.25, -0.2) is 9.50 Å². The van der Waals surface area contributed by atoms with Crippen molar-refractivity contribution in [2.45, 2.75) is 6.92 Å². The maximum atomic E-state index is 4.11. The van der Waals surface area contributed by atoms with E-state index in [0.717, 1.165) is 11.3 Å². The van der Waals surface area contributed by atoms with Crippen LogP contribution in [-0.2, 0) is 0 Å². The molecule has 0 saturated carbocycles. The van der Waals surface area contributed by atoms with Crippen LogP contribution in [0.1, 0.15) is 5.69 Å². The van der Waals surface area contributed by atoms with E-state index in [0.29, 0.717) is 0 Å². The summed E-state index contributed by atoms with van der Waals surface area (Å²) in [6, 6.07) is 4.84. The fourth-order valence-electron chi connectivity index (χ4n) is 0.882. The molecule has 0 aliphatic rings. The van der Waals surface area contributed by atoms with Gasteiger partial charge in [-0.1, -0.05) is 0 Å². The molecule has 49 valence electrons. The largest absolute Gasteiger partial charge is 0.236 e. The quantitative estimate of drug-likeness (QED) is 0.531. The summed E-state index contributed by atoms with van der Waals surface area (Å²) in [4.78, 5) is 4.05. The van der Waals surface area contributed by atoms with Crippen LogP contribution in [0.4, 0.5) is 0 Å². The van der Waals surface area contributed by atoms with Gasteiger partial charge in [-0.15, -0.1) is 0 Å². The Morgan fingerprint density at radius 1 is 1.60 bits per heavy atom. The first-order chi connectivity index (χ1) is 4.86. The van der Waals surface area contributed by atoms with Crippen molar-refractivity contribution in [3.8, 4) is 0 Å². The van der Waals surface area contributed by atoms with Crippen molar-refractivity contribution in [3.63, 3.8) is 0 Å². The van der Waals surface area contributed by atoms with Crippen molar-refractivity contribution in [2.24, 2.45) is 0 Å². The molecule has 10 heavy (non-hydrogen) atoms. The Bertz CT molecular complexity index is 317. The number of hydrogen-bond donors (Lipinski definition) is 0. The van der Waals surface area contributed by atoms with Crippen LogP contribution in [0, 0.1) is 13.0 Å². The third-order valence-corrected chi connectivity index (χ3v) is 1.28. The van der Waals surface area contributed by atoms with E-state index in [9.17, 15) is 0 Å². The fourth-order valence-corrected chi connectivity index (χ4v) is 0.882. The summed E-state index contributed by atoms with van der Waals surface area (Å²) >= 11 is 0. The zero-order valence-corrected chi connectivity index (χ0v) is 5.57. The van der Waals surface area contributed by atoms with Gasteiger partial charge in [0.15, 0.2) is 5.65 Å². The van der Waals surface area contributed by atoms with E-state index in [1.54, 1.807) is 10.7 Å². The van der Waals surface area contributed by atoms with Crippen LogP contribution in [0.5, 0.6) is 0 Å². The average Bonchev–Trinajstić information content (AvgIpc) is 2.27. The Kier molecular flexibility index (Phi) is 0.974. The number of hydrogen-bond acceptors (Lipinski definition) is 2. The minimum atomic E-state index is 0.778. The van der Waals surface area contributed by atoms with E-state index in [-0.39, 0.29) is 0 Å². The van der Waals surface area contributed by atoms with Gasteiger partial charge in [-0.05, 0) is 13.0 Å². The van der Waals surface area contributed by atoms with Gasteiger partial charge in [-0.3, -0.25) is 0 Å². The second kappa shape index (κ2) is 1.80. The van der Waals surface area contributed by atoms with Gasteiger partial charge < -0.3 is 0 Å². The lowest BCUT2D eigenvalue weighted by Crippen LogP contribution is -1.86. The van der Waals surface area contributed by atoms with Gasteiger partial charge in [0.05, 0.1) is 11.8 Å². The van der Waals surface area contributed by atoms with Crippen LogP contribution in [0.15, 0.2) is 18.5 Å². The van der Waals surface area contributed by atoms with Crippen molar-refractivity contribution < 1.29 is 0 Å². The van der Waals surface area contributed by atoms with Gasteiger partial charge in [0, 0.05) is 12.4 Å². The van der Waals surface area contributed by atoms with Crippen molar-refractivity contribution in [1.82, 2.24) is 14.6 Å². The molecule has 3 nitrogen and oxygen atoms in total. The first-order valence-corrected chi connectivity index (χ1v) is 3.05. The molecule has 0 amide bonds. The van der Waals surface area contributed by atoms with E-state index < -0.39 is 0 Å². The Morgan fingerprint density at radius 2 is 2.50 bits per heavy atom. The van der Waals surface area contributed by atoms with Gasteiger partial charge in [-0.2, -0.15) is 5.10 Å². The SMILES string of the molecule is Cc1[c]c2ncccn2n1. The van der Waals surface area contributed by atoms with Crippen LogP contribution >= 0.6 is 0 Å². The molecule has 2 aromatic heterocycles. The summed E-state index contributed by atoms with van der Waals surface area (Å²) in [5, 5.41) is 4.11. The molecule has 0 aliphatic carbocycles. The van der Waals surface area contributed by atoms with Crippen molar-refractivity contribution in [3.05, 3.63) is 30.2 Å². The summed E-state index contributed by atoms with van der Waals surface area (Å²) < 4.78 is 1.70. The number of nitrogens with zero attached hydrogens (tertiary/aromatic N) is 3. The summed E-state index contributed by atoms with van der Waals surface area (Å²) in [6.07, 6.45) is 3.58. The molecule has 0 fully saturated rings. The minimum absolute atomic E-state index is 0.778. The number of aromatic nitrogens is 3. The Hall–Kier alpha value is -1.38. The molecule has 2 rings (SSSR count). The standard InChI is InChI=1S/C7H6N3/c1-6-5-7-8-3-2-4-10(7)9-6/h2-4H,1H3. The van der Waals surface area contributed by atoms with Crippen LogP contribution in [0.3, 0.4) is 0 Å². The Labute approximate surface area is 58.3 Å². The maximum Gasteiger partial charge on any atom is 0.163 e. The van der Waals surface area contributed by atoms with E-state index in [2.05, 4.69) is 16.1 Å². The molecule has 1 radical (unpaired) electrons. The topological polar surface area (TPSA) is 30.2 Å². The van der Waals surface area contributed by atoms with Gasteiger partial charge in [0.1, 0.15) is 0 Å². The zero-order chi connectivity index (χ0) is 6.97. The minimum Gasteiger partial charge on any atom is -0.236 e. The van der Waals surface area contributed by atoms with Gasteiger partial charge >= 0.3 is 0 Å². The van der Waals surface area contributed by atoms with E-state index in [1.807, 2.05) is 19.2 Å². The number of rotatable bonds is 0. The van der Waals surface area contributed by atoms with Crippen LogP contribution < -0.4 is 0 Å². The van der Waals surface area contributed by atoms with Crippen molar-refractivity contribution in [1.29, 1.82) is 0 Å².